The molecule has 0 radical (unpaired) electrons. The number of carbonyl (C=O) groups is 2. The Labute approximate surface area is 158 Å². The van der Waals surface area contributed by atoms with Gasteiger partial charge in [-0.3, -0.25) is 9.59 Å². The predicted octanol–water partition coefficient (Wildman–Crippen LogP) is 2.11. The second kappa shape index (κ2) is 7.40. The van der Waals surface area contributed by atoms with E-state index >= 15 is 0 Å². The van der Waals surface area contributed by atoms with E-state index in [1.165, 1.54) is 11.1 Å². The van der Waals surface area contributed by atoms with Crippen LogP contribution in [0.2, 0.25) is 0 Å². The number of hydrogen-bond donors (Lipinski definition) is 2. The summed E-state index contributed by atoms with van der Waals surface area (Å²) >= 11 is 0. The van der Waals surface area contributed by atoms with Crippen LogP contribution < -0.4 is 20.3 Å². The van der Waals surface area contributed by atoms with Gasteiger partial charge in [0.15, 0.2) is 6.10 Å². The zero-order valence-electron chi connectivity index (χ0n) is 15.3. The van der Waals surface area contributed by atoms with Gasteiger partial charge in [-0.15, -0.1) is 0 Å². The molecule has 0 spiro atoms. The van der Waals surface area contributed by atoms with Crippen molar-refractivity contribution in [2.75, 3.05) is 11.4 Å². The molecule has 2 aromatic carbocycles. The summed E-state index contributed by atoms with van der Waals surface area (Å²) in [7, 11) is 0. The molecule has 4 rings (SSSR count). The maximum Gasteiger partial charge on any atom is 0.267 e. The lowest BCUT2D eigenvalue weighted by Crippen LogP contribution is -2.45. The van der Waals surface area contributed by atoms with Gasteiger partial charge < -0.3 is 20.3 Å². The molecule has 2 N–H and O–H groups in total. The monoisotopic (exact) mass is 365 g/mol. The summed E-state index contributed by atoms with van der Waals surface area (Å²) in [5.74, 6) is 0.488. The van der Waals surface area contributed by atoms with E-state index in [2.05, 4.69) is 28.8 Å². The molecule has 1 atom stereocenters. The molecule has 0 saturated carbocycles. The Morgan fingerprint density at radius 2 is 2.04 bits per heavy atom. The van der Waals surface area contributed by atoms with Crippen molar-refractivity contribution in [3.63, 3.8) is 0 Å². The Balaban J connectivity index is 1.34. The lowest BCUT2D eigenvalue weighted by molar-refractivity contribution is -0.125. The van der Waals surface area contributed by atoms with Crippen LogP contribution in [0.3, 0.4) is 0 Å². The first kappa shape index (κ1) is 17.5. The summed E-state index contributed by atoms with van der Waals surface area (Å²) in [6.45, 7) is 4.36. The van der Waals surface area contributed by atoms with Gasteiger partial charge in [-0.1, -0.05) is 30.3 Å². The molecule has 0 fully saturated rings. The molecule has 2 aromatic rings. The fraction of sp³-hybridized carbons (Fsp3) is 0.333. The number of hydrogen-bond acceptors (Lipinski definition) is 4. The van der Waals surface area contributed by atoms with E-state index in [0.717, 1.165) is 24.3 Å². The van der Waals surface area contributed by atoms with E-state index < -0.39 is 6.10 Å². The van der Waals surface area contributed by atoms with E-state index in [1.54, 1.807) is 11.8 Å². The number of nitrogens with zero attached hydrogens (tertiary/aromatic N) is 1. The fourth-order valence-electron chi connectivity index (χ4n) is 3.55. The maximum atomic E-state index is 12.5. The Morgan fingerprint density at radius 1 is 1.22 bits per heavy atom. The van der Waals surface area contributed by atoms with Gasteiger partial charge in [0.2, 0.25) is 5.91 Å². The van der Waals surface area contributed by atoms with E-state index in [-0.39, 0.29) is 18.2 Å². The van der Waals surface area contributed by atoms with E-state index in [0.29, 0.717) is 18.8 Å². The van der Waals surface area contributed by atoms with Crippen molar-refractivity contribution in [1.82, 2.24) is 10.6 Å². The topological polar surface area (TPSA) is 70.7 Å². The van der Waals surface area contributed by atoms with Crippen LogP contribution in [0.25, 0.3) is 0 Å². The maximum absolute atomic E-state index is 12.5. The minimum atomic E-state index is -0.539. The molecular weight excluding hydrogens is 342 g/mol. The van der Waals surface area contributed by atoms with Crippen molar-refractivity contribution in [3.05, 3.63) is 59.2 Å². The third-order valence-corrected chi connectivity index (χ3v) is 5.03. The molecule has 2 heterocycles. The molecule has 0 aromatic heterocycles. The van der Waals surface area contributed by atoms with Gasteiger partial charge in [0.25, 0.3) is 5.91 Å². The summed E-state index contributed by atoms with van der Waals surface area (Å²) in [5.41, 5.74) is 4.43. The Hall–Kier alpha value is -2.86. The van der Waals surface area contributed by atoms with Gasteiger partial charge in [-0.2, -0.15) is 0 Å². The fourth-order valence-corrected chi connectivity index (χ4v) is 3.55. The van der Waals surface area contributed by atoms with Crippen LogP contribution in [-0.4, -0.2) is 24.5 Å². The van der Waals surface area contributed by atoms with Crippen molar-refractivity contribution in [1.29, 1.82) is 0 Å². The molecule has 140 valence electrons. The molecule has 27 heavy (non-hydrogen) atoms. The van der Waals surface area contributed by atoms with Crippen LogP contribution in [0.5, 0.6) is 5.75 Å². The van der Waals surface area contributed by atoms with Gasteiger partial charge in [0, 0.05) is 32.6 Å². The van der Waals surface area contributed by atoms with Crippen LogP contribution >= 0.6 is 0 Å². The van der Waals surface area contributed by atoms with E-state index in [1.807, 2.05) is 24.3 Å². The van der Waals surface area contributed by atoms with Crippen molar-refractivity contribution in [3.8, 4) is 5.75 Å². The zero-order valence-corrected chi connectivity index (χ0v) is 15.3. The Kier molecular flexibility index (Phi) is 4.81. The number of benzene rings is 2. The number of rotatable bonds is 5. The van der Waals surface area contributed by atoms with Gasteiger partial charge in [0.1, 0.15) is 5.75 Å². The zero-order chi connectivity index (χ0) is 18.8. The van der Waals surface area contributed by atoms with Crippen molar-refractivity contribution >= 4 is 17.5 Å². The number of para-hydroxylation sites is 2. The van der Waals surface area contributed by atoms with Crippen molar-refractivity contribution in [2.45, 2.75) is 39.1 Å². The molecule has 2 aliphatic heterocycles. The SMILES string of the molecule is CC1Oc2ccccc2N(CCC(=O)NCc2ccc3c(c2)CNC3)C1=O. The average Bonchev–Trinajstić information content (AvgIpc) is 3.14. The van der Waals surface area contributed by atoms with Crippen LogP contribution in [0, 0.1) is 0 Å². The van der Waals surface area contributed by atoms with E-state index in [9.17, 15) is 9.59 Å². The highest BCUT2D eigenvalue weighted by Gasteiger charge is 2.31. The molecule has 2 aliphatic rings. The summed E-state index contributed by atoms with van der Waals surface area (Å²) in [5, 5.41) is 6.27. The minimum absolute atomic E-state index is 0.0713. The standard InChI is InChI=1S/C21H23N3O3/c1-14-21(26)24(18-4-2-3-5-19(18)27-14)9-8-20(25)23-11-15-6-7-16-12-22-13-17(16)10-15/h2-7,10,14,22H,8-9,11-13H2,1H3,(H,23,25). The summed E-state index contributed by atoms with van der Waals surface area (Å²) in [6.07, 6.45) is -0.290. The molecule has 6 nitrogen and oxygen atoms in total. The number of ether oxygens (including phenoxy) is 1. The predicted molar refractivity (Wildman–Crippen MR) is 102 cm³/mol. The molecule has 1 unspecified atom stereocenters. The van der Waals surface area contributed by atoms with Gasteiger partial charge in [0.05, 0.1) is 5.69 Å². The van der Waals surface area contributed by atoms with Gasteiger partial charge >= 0.3 is 0 Å². The number of fused-ring (bicyclic) bond motifs is 2. The minimum Gasteiger partial charge on any atom is -0.479 e. The third kappa shape index (κ3) is 3.66. The van der Waals surface area contributed by atoms with Crippen molar-refractivity contribution in [2.24, 2.45) is 0 Å². The second-order valence-corrected chi connectivity index (χ2v) is 6.95. The molecule has 0 aliphatic carbocycles. The molecule has 2 amide bonds. The first-order valence-corrected chi connectivity index (χ1v) is 9.27. The first-order chi connectivity index (χ1) is 13.1. The summed E-state index contributed by atoms with van der Waals surface area (Å²) in [4.78, 5) is 26.4. The lowest BCUT2D eigenvalue weighted by atomic mass is 10.1. The van der Waals surface area contributed by atoms with Crippen LogP contribution in [0.1, 0.15) is 30.0 Å². The Morgan fingerprint density at radius 3 is 2.93 bits per heavy atom. The van der Waals surface area contributed by atoms with E-state index in [4.69, 9.17) is 4.74 Å². The lowest BCUT2D eigenvalue weighted by Gasteiger charge is -2.32. The van der Waals surface area contributed by atoms with Crippen LogP contribution in [0.4, 0.5) is 5.69 Å². The number of amides is 2. The quantitative estimate of drug-likeness (QED) is 0.851. The highest BCUT2D eigenvalue weighted by Crippen LogP contribution is 2.33. The largest absolute Gasteiger partial charge is 0.479 e. The average molecular weight is 365 g/mol. The molecule has 6 heteroatoms. The highest BCUT2D eigenvalue weighted by atomic mass is 16.5. The number of carbonyl (C=O) groups excluding carboxylic acids is 2. The summed E-state index contributed by atoms with van der Waals surface area (Å²) in [6, 6.07) is 13.7. The van der Waals surface area contributed by atoms with Crippen LogP contribution in [0.15, 0.2) is 42.5 Å². The normalized spacial score (nSPS) is 17.9. The third-order valence-electron chi connectivity index (χ3n) is 5.03. The highest BCUT2D eigenvalue weighted by molar-refractivity contribution is 6.00. The summed E-state index contributed by atoms with van der Waals surface area (Å²) < 4.78 is 5.63. The molecule has 0 bridgehead atoms. The van der Waals surface area contributed by atoms with Gasteiger partial charge in [-0.05, 0) is 35.7 Å². The van der Waals surface area contributed by atoms with Crippen molar-refractivity contribution < 1.29 is 14.3 Å². The smallest absolute Gasteiger partial charge is 0.267 e. The second-order valence-electron chi connectivity index (χ2n) is 6.95. The number of anilines is 1. The van der Waals surface area contributed by atoms with Gasteiger partial charge in [-0.25, -0.2) is 0 Å². The number of nitrogens with one attached hydrogen (secondary N) is 2. The van der Waals surface area contributed by atoms with Crippen LogP contribution in [-0.2, 0) is 29.2 Å². The first-order valence-electron chi connectivity index (χ1n) is 9.27. The molecule has 0 saturated heterocycles. The molecular formula is C21H23N3O3. The Bertz CT molecular complexity index is 881.